The first kappa shape index (κ1) is 14.8. The van der Waals surface area contributed by atoms with E-state index in [9.17, 15) is 4.79 Å². The minimum Gasteiger partial charge on any atom is -0.345 e. The number of aromatic nitrogens is 6. The summed E-state index contributed by atoms with van der Waals surface area (Å²) in [4.78, 5) is 25.5. The molecule has 0 aromatic carbocycles. The average Bonchev–Trinajstić information content (AvgIpc) is 3.09. The third kappa shape index (κ3) is 2.44. The first-order valence-electron chi connectivity index (χ1n) is 7.98. The summed E-state index contributed by atoms with van der Waals surface area (Å²) in [5.41, 5.74) is 1.53. The predicted octanol–water partition coefficient (Wildman–Crippen LogP) is 1.54. The van der Waals surface area contributed by atoms with E-state index in [1.807, 2.05) is 13.0 Å². The largest absolute Gasteiger partial charge is 0.345 e. The van der Waals surface area contributed by atoms with Crippen LogP contribution in [0.4, 0.5) is 0 Å². The molecule has 24 heavy (non-hydrogen) atoms. The average molecular weight is 325 g/mol. The van der Waals surface area contributed by atoms with Gasteiger partial charge in [0.25, 0.3) is 5.91 Å². The Bertz CT molecular complexity index is 906. The summed E-state index contributed by atoms with van der Waals surface area (Å²) in [5, 5.41) is 7.19. The highest BCUT2D eigenvalue weighted by atomic mass is 16.2. The number of hydrogen-bond donors (Lipinski definition) is 1. The van der Waals surface area contributed by atoms with Crippen molar-refractivity contribution < 1.29 is 4.79 Å². The smallest absolute Gasteiger partial charge is 0.274 e. The van der Waals surface area contributed by atoms with E-state index < -0.39 is 0 Å². The molecule has 1 N–H and O–H groups in total. The molecule has 3 heterocycles. The summed E-state index contributed by atoms with van der Waals surface area (Å²) in [6, 6.07) is 1.87. The predicted molar refractivity (Wildman–Crippen MR) is 86.9 cm³/mol. The maximum absolute atomic E-state index is 12.7. The van der Waals surface area contributed by atoms with Gasteiger partial charge in [-0.2, -0.15) is 5.10 Å². The van der Waals surface area contributed by atoms with Gasteiger partial charge in [-0.05, 0) is 39.5 Å². The highest BCUT2D eigenvalue weighted by molar-refractivity contribution is 5.98. The zero-order chi connectivity index (χ0) is 16.9. The molecule has 4 rings (SSSR count). The van der Waals surface area contributed by atoms with E-state index in [2.05, 4.69) is 39.2 Å². The van der Waals surface area contributed by atoms with Crippen molar-refractivity contribution in [3.05, 3.63) is 36.4 Å². The number of carbonyl (C=O) groups excluding carboxylic acids is 1. The summed E-state index contributed by atoms with van der Waals surface area (Å²) < 4.78 is 3.37. The Kier molecular flexibility index (Phi) is 3.16. The van der Waals surface area contributed by atoms with Gasteiger partial charge in [0.1, 0.15) is 19.0 Å². The molecule has 0 saturated heterocycles. The third-order valence-corrected chi connectivity index (χ3v) is 4.58. The topological polar surface area (TPSA) is 90.0 Å². The van der Waals surface area contributed by atoms with Crippen LogP contribution in [0.3, 0.4) is 0 Å². The number of aryl methyl sites for hydroxylation is 1. The number of nitrogens with one attached hydrogen (secondary N) is 1. The van der Waals surface area contributed by atoms with E-state index in [0.29, 0.717) is 23.1 Å². The van der Waals surface area contributed by atoms with Gasteiger partial charge in [-0.3, -0.25) is 9.20 Å². The van der Waals surface area contributed by atoms with Gasteiger partial charge in [0.15, 0.2) is 17.2 Å². The Labute approximate surface area is 138 Å². The molecule has 3 aromatic rings. The van der Waals surface area contributed by atoms with Crippen LogP contribution in [0, 0.1) is 12.8 Å². The van der Waals surface area contributed by atoms with Gasteiger partial charge >= 0.3 is 0 Å². The van der Waals surface area contributed by atoms with E-state index >= 15 is 0 Å². The van der Waals surface area contributed by atoms with E-state index in [1.54, 1.807) is 21.7 Å². The van der Waals surface area contributed by atoms with Crippen LogP contribution >= 0.6 is 0 Å². The molecule has 124 valence electrons. The summed E-state index contributed by atoms with van der Waals surface area (Å²) in [6.45, 7) is 6.05. The van der Waals surface area contributed by atoms with Crippen molar-refractivity contribution in [2.75, 3.05) is 0 Å². The molecule has 1 fully saturated rings. The molecule has 8 heteroatoms. The second-order valence-electron chi connectivity index (χ2n) is 6.83. The highest BCUT2D eigenvalue weighted by Crippen LogP contribution is 2.39. The van der Waals surface area contributed by atoms with Crippen LogP contribution < -0.4 is 5.32 Å². The van der Waals surface area contributed by atoms with Crippen molar-refractivity contribution in [3.8, 4) is 5.82 Å². The van der Waals surface area contributed by atoms with E-state index in [1.165, 1.54) is 6.33 Å². The van der Waals surface area contributed by atoms with Crippen LogP contribution in [0.15, 0.2) is 25.0 Å². The van der Waals surface area contributed by atoms with Gasteiger partial charge in [-0.1, -0.05) is 0 Å². The molecule has 8 nitrogen and oxygen atoms in total. The van der Waals surface area contributed by atoms with Crippen molar-refractivity contribution in [3.63, 3.8) is 0 Å². The fraction of sp³-hybridized carbons (Fsp3) is 0.438. The lowest BCUT2D eigenvalue weighted by molar-refractivity contribution is 0.0900. The number of rotatable bonds is 4. The van der Waals surface area contributed by atoms with E-state index in [0.717, 1.165) is 18.5 Å². The van der Waals surface area contributed by atoms with Crippen molar-refractivity contribution in [2.24, 2.45) is 5.92 Å². The Morgan fingerprint density at radius 1 is 1.33 bits per heavy atom. The number of imidazole rings is 1. The van der Waals surface area contributed by atoms with Gasteiger partial charge in [-0.25, -0.2) is 19.6 Å². The molecule has 3 aromatic heterocycles. The number of hydrogen-bond acceptors (Lipinski definition) is 5. The van der Waals surface area contributed by atoms with Crippen molar-refractivity contribution in [1.29, 1.82) is 0 Å². The maximum atomic E-state index is 12.7. The minimum atomic E-state index is -0.231. The molecule has 0 aliphatic heterocycles. The zero-order valence-corrected chi connectivity index (χ0v) is 13.9. The van der Waals surface area contributed by atoms with Crippen LogP contribution in [0.5, 0.6) is 0 Å². The Morgan fingerprint density at radius 3 is 2.79 bits per heavy atom. The van der Waals surface area contributed by atoms with Gasteiger partial charge in [0.05, 0.1) is 0 Å². The number of nitrogens with zero attached hydrogens (tertiary/aromatic N) is 6. The fourth-order valence-electron chi connectivity index (χ4n) is 2.97. The lowest BCUT2D eigenvalue weighted by atomic mass is 9.98. The number of amides is 1. The van der Waals surface area contributed by atoms with Crippen molar-refractivity contribution in [1.82, 2.24) is 34.4 Å². The summed E-state index contributed by atoms with van der Waals surface area (Å²) in [7, 11) is 0. The monoisotopic (exact) mass is 325 g/mol. The quantitative estimate of drug-likeness (QED) is 0.786. The molecule has 1 aliphatic carbocycles. The molecular formula is C16H19N7O. The molecule has 1 amide bonds. The Balaban J connectivity index is 1.74. The van der Waals surface area contributed by atoms with Crippen LogP contribution in [0.25, 0.3) is 11.5 Å². The number of fused-ring (bicyclic) bond motifs is 1. The first-order valence-corrected chi connectivity index (χ1v) is 7.98. The van der Waals surface area contributed by atoms with Crippen molar-refractivity contribution >= 4 is 11.6 Å². The number of carbonyl (C=O) groups is 1. The molecule has 0 spiro atoms. The SMILES string of the molecule is Cc1cc(-n2cncn2)nc2c(C(=O)NC(C)(C)C3CC3)ncn12. The molecule has 1 aliphatic rings. The second-order valence-corrected chi connectivity index (χ2v) is 6.83. The lowest BCUT2D eigenvalue weighted by Gasteiger charge is -2.25. The second kappa shape index (κ2) is 5.12. The molecule has 0 bridgehead atoms. The van der Waals surface area contributed by atoms with E-state index in [-0.39, 0.29) is 11.4 Å². The van der Waals surface area contributed by atoms with Crippen LogP contribution in [0.1, 0.15) is 42.9 Å². The molecule has 1 saturated carbocycles. The normalized spacial score (nSPS) is 15.0. The van der Waals surface area contributed by atoms with Gasteiger partial charge in [0, 0.05) is 17.3 Å². The lowest BCUT2D eigenvalue weighted by Crippen LogP contribution is -2.45. The molecule has 0 radical (unpaired) electrons. The van der Waals surface area contributed by atoms with Gasteiger partial charge in [0.2, 0.25) is 0 Å². The standard InChI is InChI=1S/C16H19N7O/c1-10-6-12(23-8-17-7-19-23)20-14-13(18-9-22(10)14)15(24)21-16(2,3)11-4-5-11/h6-9,11H,4-5H2,1-3H3,(H,21,24). The Morgan fingerprint density at radius 2 is 2.12 bits per heavy atom. The van der Waals surface area contributed by atoms with Crippen LogP contribution in [-0.2, 0) is 0 Å². The summed E-state index contributed by atoms with van der Waals surface area (Å²) >= 11 is 0. The first-order chi connectivity index (χ1) is 11.5. The van der Waals surface area contributed by atoms with Crippen LogP contribution in [-0.4, -0.2) is 40.6 Å². The third-order valence-electron chi connectivity index (χ3n) is 4.58. The van der Waals surface area contributed by atoms with Gasteiger partial charge in [-0.15, -0.1) is 0 Å². The minimum absolute atomic E-state index is 0.197. The zero-order valence-electron chi connectivity index (χ0n) is 13.9. The maximum Gasteiger partial charge on any atom is 0.274 e. The fourth-order valence-corrected chi connectivity index (χ4v) is 2.97. The van der Waals surface area contributed by atoms with Crippen molar-refractivity contribution in [2.45, 2.75) is 39.2 Å². The Hall–Kier alpha value is -2.77. The highest BCUT2D eigenvalue weighted by Gasteiger charge is 2.39. The molecule has 0 unspecified atom stereocenters. The molecule has 0 atom stereocenters. The van der Waals surface area contributed by atoms with E-state index in [4.69, 9.17) is 0 Å². The molecular weight excluding hydrogens is 306 g/mol. The summed E-state index contributed by atoms with van der Waals surface area (Å²) in [6.07, 6.45) is 6.96. The summed E-state index contributed by atoms with van der Waals surface area (Å²) in [5.74, 6) is 0.946. The van der Waals surface area contributed by atoms with Crippen LogP contribution in [0.2, 0.25) is 0 Å². The van der Waals surface area contributed by atoms with Gasteiger partial charge < -0.3 is 5.32 Å².